The minimum absolute atomic E-state index is 0.193. The van der Waals surface area contributed by atoms with Crippen molar-refractivity contribution in [1.29, 1.82) is 0 Å². The van der Waals surface area contributed by atoms with Crippen molar-refractivity contribution in [2.24, 2.45) is 0 Å². The van der Waals surface area contributed by atoms with Gasteiger partial charge in [0.1, 0.15) is 10.4 Å². The maximum Gasteiger partial charge on any atom is 0.149 e. The van der Waals surface area contributed by atoms with E-state index in [9.17, 15) is 0 Å². The molecule has 0 saturated carbocycles. The zero-order chi connectivity index (χ0) is 7.40. The van der Waals surface area contributed by atoms with E-state index in [-0.39, 0.29) is 6.61 Å². The molecule has 1 rings (SSSR count). The Morgan fingerprint density at radius 3 is 3.00 bits per heavy atom. The van der Waals surface area contributed by atoms with Crippen LogP contribution in [0.1, 0.15) is 12.2 Å². The number of hydrogen-bond donors (Lipinski definition) is 1. The van der Waals surface area contributed by atoms with Gasteiger partial charge in [-0.3, -0.25) is 0 Å². The van der Waals surface area contributed by atoms with Gasteiger partial charge in [-0.2, -0.15) is 0 Å². The van der Waals surface area contributed by atoms with E-state index in [1.165, 1.54) is 0 Å². The van der Waals surface area contributed by atoms with Gasteiger partial charge in [-0.25, -0.2) is 0 Å². The molecule has 1 aromatic rings. The van der Waals surface area contributed by atoms with E-state index in [2.05, 4.69) is 21.1 Å². The number of nitrogens with zero attached hydrogens (tertiary/aromatic N) is 1. The lowest BCUT2D eigenvalue weighted by atomic mass is 10.3. The van der Waals surface area contributed by atoms with Crippen LogP contribution >= 0.6 is 15.9 Å². The van der Waals surface area contributed by atoms with Crippen molar-refractivity contribution in [3.63, 3.8) is 0 Å². The fourth-order valence-corrected chi connectivity index (χ4v) is 0.987. The highest BCUT2D eigenvalue weighted by atomic mass is 79.9. The van der Waals surface area contributed by atoms with Crippen molar-refractivity contribution in [3.8, 4) is 0 Å². The number of aryl methyl sites for hydroxylation is 1. The summed E-state index contributed by atoms with van der Waals surface area (Å²) in [7, 11) is 0. The van der Waals surface area contributed by atoms with Gasteiger partial charge >= 0.3 is 0 Å². The molecule has 1 N–H and O–H groups in total. The summed E-state index contributed by atoms with van der Waals surface area (Å²) < 4.78 is 5.57. The Bertz CT molecular complexity index is 199. The number of aliphatic hydroxyl groups is 1. The standard InChI is InChI=1S/C6H8BrNO2/c7-6-4-5(10-8-6)2-1-3-9/h4,9H,1-3H2. The molecule has 0 spiro atoms. The predicted molar refractivity (Wildman–Crippen MR) is 39.6 cm³/mol. The molecule has 56 valence electrons. The van der Waals surface area contributed by atoms with Crippen molar-refractivity contribution in [2.75, 3.05) is 6.61 Å². The summed E-state index contributed by atoms with van der Waals surface area (Å²) in [6.07, 6.45) is 1.47. The van der Waals surface area contributed by atoms with E-state index in [1.54, 1.807) is 6.07 Å². The first kappa shape index (κ1) is 7.75. The van der Waals surface area contributed by atoms with Crippen LogP contribution in [-0.4, -0.2) is 16.9 Å². The lowest BCUT2D eigenvalue weighted by molar-refractivity contribution is 0.279. The molecule has 3 nitrogen and oxygen atoms in total. The smallest absolute Gasteiger partial charge is 0.149 e. The summed E-state index contributed by atoms with van der Waals surface area (Å²) in [5.41, 5.74) is 0. The quantitative estimate of drug-likeness (QED) is 0.812. The summed E-state index contributed by atoms with van der Waals surface area (Å²) >= 11 is 3.16. The van der Waals surface area contributed by atoms with Gasteiger partial charge in [0.15, 0.2) is 0 Å². The summed E-state index contributed by atoms with van der Waals surface area (Å²) in [4.78, 5) is 0. The monoisotopic (exact) mass is 205 g/mol. The Labute approximate surface area is 67.2 Å². The second-order valence-corrected chi connectivity index (χ2v) is 2.76. The minimum atomic E-state index is 0.193. The van der Waals surface area contributed by atoms with Crippen LogP contribution in [0.5, 0.6) is 0 Å². The van der Waals surface area contributed by atoms with Crippen molar-refractivity contribution < 1.29 is 9.63 Å². The van der Waals surface area contributed by atoms with E-state index in [0.717, 1.165) is 18.6 Å². The number of halogens is 1. The molecular weight excluding hydrogens is 198 g/mol. The molecule has 4 heteroatoms. The second-order valence-electron chi connectivity index (χ2n) is 1.94. The third kappa shape index (κ3) is 2.11. The summed E-state index contributed by atoms with van der Waals surface area (Å²) in [5.74, 6) is 0.806. The van der Waals surface area contributed by atoms with Gasteiger partial charge in [0.2, 0.25) is 0 Å². The van der Waals surface area contributed by atoms with Crippen LogP contribution in [0.25, 0.3) is 0 Å². The van der Waals surface area contributed by atoms with Gasteiger partial charge in [-0.05, 0) is 22.4 Å². The first-order valence-corrected chi connectivity index (χ1v) is 3.84. The van der Waals surface area contributed by atoms with Crippen LogP contribution in [0.4, 0.5) is 0 Å². The summed E-state index contributed by atoms with van der Waals surface area (Å²) in [5, 5.41) is 12.1. The van der Waals surface area contributed by atoms with Crippen LogP contribution in [0.2, 0.25) is 0 Å². The van der Waals surface area contributed by atoms with Crippen LogP contribution in [-0.2, 0) is 6.42 Å². The fourth-order valence-electron chi connectivity index (χ4n) is 0.659. The van der Waals surface area contributed by atoms with Gasteiger partial charge in [0.25, 0.3) is 0 Å². The molecule has 0 atom stereocenters. The number of aliphatic hydroxyl groups excluding tert-OH is 1. The van der Waals surface area contributed by atoms with Gasteiger partial charge in [0, 0.05) is 19.1 Å². The van der Waals surface area contributed by atoms with E-state index in [4.69, 9.17) is 9.63 Å². The molecule has 0 aliphatic carbocycles. The second kappa shape index (κ2) is 3.73. The Morgan fingerprint density at radius 2 is 2.50 bits per heavy atom. The highest BCUT2D eigenvalue weighted by molar-refractivity contribution is 9.10. The van der Waals surface area contributed by atoms with E-state index in [1.807, 2.05) is 0 Å². The first-order chi connectivity index (χ1) is 4.83. The van der Waals surface area contributed by atoms with Crippen LogP contribution in [0, 0.1) is 0 Å². The van der Waals surface area contributed by atoms with E-state index >= 15 is 0 Å². The molecule has 0 aromatic carbocycles. The average Bonchev–Trinajstić information content (AvgIpc) is 2.31. The third-order valence-corrected chi connectivity index (χ3v) is 1.49. The molecule has 0 aliphatic heterocycles. The molecule has 0 fully saturated rings. The fraction of sp³-hybridized carbons (Fsp3) is 0.500. The van der Waals surface area contributed by atoms with Gasteiger partial charge < -0.3 is 9.63 Å². The van der Waals surface area contributed by atoms with Gasteiger partial charge in [-0.15, -0.1) is 0 Å². The Hall–Kier alpha value is -0.350. The van der Waals surface area contributed by atoms with E-state index in [0.29, 0.717) is 4.60 Å². The summed E-state index contributed by atoms with van der Waals surface area (Å²) in [6.45, 7) is 0.193. The zero-order valence-electron chi connectivity index (χ0n) is 5.38. The van der Waals surface area contributed by atoms with Gasteiger partial charge in [0.05, 0.1) is 0 Å². The third-order valence-electron chi connectivity index (χ3n) is 1.11. The van der Waals surface area contributed by atoms with Crippen LogP contribution in [0.15, 0.2) is 15.2 Å². The largest absolute Gasteiger partial charge is 0.396 e. The van der Waals surface area contributed by atoms with E-state index < -0.39 is 0 Å². The van der Waals surface area contributed by atoms with Crippen LogP contribution < -0.4 is 0 Å². The molecule has 0 aliphatic rings. The Balaban J connectivity index is 2.42. The molecule has 0 radical (unpaired) electrons. The predicted octanol–water partition coefficient (Wildman–Crippen LogP) is 1.36. The average molecular weight is 206 g/mol. The van der Waals surface area contributed by atoms with Crippen molar-refractivity contribution in [3.05, 3.63) is 16.4 Å². The lowest BCUT2D eigenvalue weighted by Crippen LogP contribution is -1.85. The molecule has 10 heavy (non-hydrogen) atoms. The maximum absolute atomic E-state index is 8.46. The molecule has 1 aromatic heterocycles. The summed E-state index contributed by atoms with van der Waals surface area (Å²) in [6, 6.07) is 1.80. The molecule has 0 bridgehead atoms. The number of hydrogen-bond acceptors (Lipinski definition) is 3. The Kier molecular flexibility index (Phi) is 2.89. The van der Waals surface area contributed by atoms with Crippen molar-refractivity contribution in [1.82, 2.24) is 5.16 Å². The Morgan fingerprint density at radius 1 is 1.70 bits per heavy atom. The molecule has 0 saturated heterocycles. The zero-order valence-corrected chi connectivity index (χ0v) is 6.97. The molecule has 0 amide bonds. The van der Waals surface area contributed by atoms with Crippen molar-refractivity contribution in [2.45, 2.75) is 12.8 Å². The molecule has 0 unspecified atom stereocenters. The molecular formula is C6H8BrNO2. The SMILES string of the molecule is OCCCc1cc(Br)no1. The normalized spacial score (nSPS) is 10.2. The minimum Gasteiger partial charge on any atom is -0.396 e. The van der Waals surface area contributed by atoms with Crippen molar-refractivity contribution >= 4 is 15.9 Å². The molecule has 1 heterocycles. The topological polar surface area (TPSA) is 46.3 Å². The maximum atomic E-state index is 8.46. The highest BCUT2D eigenvalue weighted by Gasteiger charge is 1.99. The number of aromatic nitrogens is 1. The lowest BCUT2D eigenvalue weighted by Gasteiger charge is -1.88. The highest BCUT2D eigenvalue weighted by Crippen LogP contribution is 2.10. The number of rotatable bonds is 3. The first-order valence-electron chi connectivity index (χ1n) is 3.05. The van der Waals surface area contributed by atoms with Crippen LogP contribution in [0.3, 0.4) is 0 Å². The van der Waals surface area contributed by atoms with Gasteiger partial charge in [-0.1, -0.05) is 5.16 Å².